The lowest BCUT2D eigenvalue weighted by molar-refractivity contribution is -0.122. The summed E-state index contributed by atoms with van der Waals surface area (Å²) in [6, 6.07) is 9.56. The molecule has 4 amide bonds. The SMILES string of the molecule is COc1ccc2c(c1)C(=O)N(C[C@@]1(C#Cc3ccc4[nH]c(=O)[nH]c4c3)NC(=O)NC1=O)C2. The quantitative estimate of drug-likeness (QED) is 0.353. The maximum Gasteiger partial charge on any atom is 0.323 e. The molecule has 0 saturated carbocycles. The van der Waals surface area contributed by atoms with Gasteiger partial charge in [-0.25, -0.2) is 9.59 Å². The van der Waals surface area contributed by atoms with Crippen LogP contribution in [0.15, 0.2) is 41.2 Å². The second kappa shape index (κ2) is 7.02. The van der Waals surface area contributed by atoms with Gasteiger partial charge in [0.25, 0.3) is 11.8 Å². The Bertz CT molecular complexity index is 1430. The topological polar surface area (TPSA) is 136 Å². The maximum atomic E-state index is 12.9. The van der Waals surface area contributed by atoms with E-state index in [0.29, 0.717) is 27.9 Å². The van der Waals surface area contributed by atoms with Crippen molar-refractivity contribution in [1.82, 2.24) is 25.5 Å². The lowest BCUT2D eigenvalue weighted by Crippen LogP contribution is -2.54. The standard InChI is InChI=1S/C22H17N5O5/c1-32-14-4-3-13-10-27(18(28)15(13)9-14)11-22(19(29)25-21(31)26-22)7-6-12-2-5-16-17(8-12)24-20(30)23-16/h2-5,8-9H,10-11H2,1H3,(H2,23,24,30)(H2,25,26,29,31)/t22-/m1/s1. The van der Waals surface area contributed by atoms with Crippen molar-refractivity contribution >= 4 is 28.9 Å². The summed E-state index contributed by atoms with van der Waals surface area (Å²) in [5, 5.41) is 4.77. The summed E-state index contributed by atoms with van der Waals surface area (Å²) >= 11 is 0. The molecule has 0 unspecified atom stereocenters. The predicted molar refractivity (Wildman–Crippen MR) is 113 cm³/mol. The molecule has 2 aromatic carbocycles. The Labute approximate surface area is 180 Å². The average molecular weight is 431 g/mol. The van der Waals surface area contributed by atoms with Crippen molar-refractivity contribution in [2.75, 3.05) is 13.7 Å². The summed E-state index contributed by atoms with van der Waals surface area (Å²) in [7, 11) is 1.52. The number of benzene rings is 2. The Balaban J connectivity index is 1.48. The molecule has 3 heterocycles. The fraction of sp³-hybridized carbons (Fsp3) is 0.182. The summed E-state index contributed by atoms with van der Waals surface area (Å²) in [5.41, 5.74) is 1.05. The second-order valence-electron chi connectivity index (χ2n) is 7.59. The van der Waals surface area contributed by atoms with Crippen LogP contribution in [0.2, 0.25) is 0 Å². The Kier molecular flexibility index (Phi) is 4.27. The molecule has 0 spiro atoms. The summed E-state index contributed by atoms with van der Waals surface area (Å²) in [5.74, 6) is 5.38. The zero-order valence-electron chi connectivity index (χ0n) is 16.9. The number of amides is 4. The summed E-state index contributed by atoms with van der Waals surface area (Å²) in [6.45, 7) is 0.151. The van der Waals surface area contributed by atoms with E-state index < -0.39 is 17.5 Å². The van der Waals surface area contributed by atoms with E-state index in [1.807, 2.05) is 0 Å². The molecule has 32 heavy (non-hydrogen) atoms. The summed E-state index contributed by atoms with van der Waals surface area (Å²) in [6.07, 6.45) is 0. The lowest BCUT2D eigenvalue weighted by Gasteiger charge is -2.26. The number of urea groups is 1. The Morgan fingerprint density at radius 3 is 2.62 bits per heavy atom. The van der Waals surface area contributed by atoms with Gasteiger partial charge in [0.15, 0.2) is 0 Å². The molecule has 1 fully saturated rings. The van der Waals surface area contributed by atoms with Gasteiger partial charge in [-0.2, -0.15) is 0 Å². The number of carbonyl (C=O) groups is 3. The highest BCUT2D eigenvalue weighted by Gasteiger charge is 2.48. The van der Waals surface area contributed by atoms with Crippen LogP contribution in [0.4, 0.5) is 4.79 Å². The number of imidazole rings is 1. The van der Waals surface area contributed by atoms with Crippen LogP contribution in [-0.2, 0) is 11.3 Å². The van der Waals surface area contributed by atoms with E-state index >= 15 is 0 Å². The van der Waals surface area contributed by atoms with Gasteiger partial charge in [0, 0.05) is 17.7 Å². The van der Waals surface area contributed by atoms with Gasteiger partial charge in [0.1, 0.15) is 5.75 Å². The zero-order valence-corrected chi connectivity index (χ0v) is 16.9. The third kappa shape index (κ3) is 3.16. The van der Waals surface area contributed by atoms with Crippen molar-refractivity contribution in [3.8, 4) is 17.6 Å². The molecular weight excluding hydrogens is 414 g/mol. The Morgan fingerprint density at radius 2 is 1.88 bits per heavy atom. The minimum absolute atomic E-state index is 0.128. The van der Waals surface area contributed by atoms with Crippen LogP contribution in [-0.4, -0.2) is 51.9 Å². The average Bonchev–Trinajstić information content (AvgIpc) is 3.38. The molecule has 0 aliphatic carbocycles. The van der Waals surface area contributed by atoms with Crippen LogP contribution in [0, 0.1) is 11.8 Å². The van der Waals surface area contributed by atoms with Crippen molar-refractivity contribution in [3.63, 3.8) is 0 Å². The molecule has 2 aliphatic rings. The van der Waals surface area contributed by atoms with Gasteiger partial charge in [-0.3, -0.25) is 14.9 Å². The van der Waals surface area contributed by atoms with Crippen LogP contribution in [0.3, 0.4) is 0 Å². The third-order valence-corrected chi connectivity index (χ3v) is 5.50. The molecule has 2 aliphatic heterocycles. The highest BCUT2D eigenvalue weighted by atomic mass is 16.5. The molecular formula is C22H17N5O5. The number of nitrogens with zero attached hydrogens (tertiary/aromatic N) is 1. The van der Waals surface area contributed by atoms with Gasteiger partial charge in [0.05, 0.1) is 24.7 Å². The number of H-pyrrole nitrogens is 2. The first-order valence-electron chi connectivity index (χ1n) is 9.72. The molecule has 1 aromatic heterocycles. The van der Waals surface area contributed by atoms with Crippen LogP contribution in [0.25, 0.3) is 11.0 Å². The molecule has 5 rings (SSSR count). The van der Waals surface area contributed by atoms with Crippen LogP contribution in [0.5, 0.6) is 5.75 Å². The number of methoxy groups -OCH3 is 1. The van der Waals surface area contributed by atoms with Crippen molar-refractivity contribution in [1.29, 1.82) is 0 Å². The van der Waals surface area contributed by atoms with E-state index in [1.165, 1.54) is 12.0 Å². The number of hydrogen-bond donors (Lipinski definition) is 4. The van der Waals surface area contributed by atoms with Crippen molar-refractivity contribution in [3.05, 3.63) is 63.6 Å². The van der Waals surface area contributed by atoms with Gasteiger partial charge in [0.2, 0.25) is 5.54 Å². The van der Waals surface area contributed by atoms with E-state index in [0.717, 1.165) is 5.56 Å². The number of aromatic amines is 2. The number of aromatic nitrogens is 2. The number of nitrogens with one attached hydrogen (secondary N) is 4. The third-order valence-electron chi connectivity index (χ3n) is 5.50. The van der Waals surface area contributed by atoms with Crippen molar-refractivity contribution < 1.29 is 19.1 Å². The Hall–Kier alpha value is -4.52. The minimum atomic E-state index is -1.61. The van der Waals surface area contributed by atoms with Gasteiger partial charge in [-0.1, -0.05) is 17.9 Å². The highest BCUT2D eigenvalue weighted by Crippen LogP contribution is 2.28. The molecule has 0 bridgehead atoms. The molecule has 3 aromatic rings. The number of fused-ring (bicyclic) bond motifs is 2. The molecule has 10 heteroatoms. The smallest absolute Gasteiger partial charge is 0.323 e. The van der Waals surface area contributed by atoms with E-state index in [2.05, 4.69) is 32.4 Å². The first kappa shape index (κ1) is 19.4. The monoisotopic (exact) mass is 431 g/mol. The van der Waals surface area contributed by atoms with Gasteiger partial charge < -0.3 is 24.9 Å². The number of hydrogen-bond acceptors (Lipinski definition) is 5. The molecule has 0 radical (unpaired) electrons. The van der Waals surface area contributed by atoms with Gasteiger partial charge >= 0.3 is 11.7 Å². The largest absolute Gasteiger partial charge is 0.497 e. The van der Waals surface area contributed by atoms with Crippen LogP contribution < -0.4 is 21.1 Å². The zero-order chi connectivity index (χ0) is 22.5. The summed E-state index contributed by atoms with van der Waals surface area (Å²) in [4.78, 5) is 55.8. The Morgan fingerprint density at radius 1 is 1.06 bits per heavy atom. The summed E-state index contributed by atoms with van der Waals surface area (Å²) < 4.78 is 5.19. The molecule has 160 valence electrons. The van der Waals surface area contributed by atoms with Gasteiger partial charge in [-0.15, -0.1) is 0 Å². The lowest BCUT2D eigenvalue weighted by atomic mass is 9.99. The molecule has 10 nitrogen and oxygen atoms in total. The van der Waals surface area contributed by atoms with Crippen molar-refractivity contribution in [2.24, 2.45) is 0 Å². The van der Waals surface area contributed by atoms with Gasteiger partial charge in [-0.05, 0) is 35.9 Å². The fourth-order valence-corrected chi connectivity index (χ4v) is 3.90. The second-order valence-corrected chi connectivity index (χ2v) is 7.59. The van der Waals surface area contributed by atoms with Crippen molar-refractivity contribution in [2.45, 2.75) is 12.1 Å². The molecule has 4 N–H and O–H groups in total. The van der Waals surface area contributed by atoms with E-state index in [9.17, 15) is 19.2 Å². The van der Waals surface area contributed by atoms with E-state index in [4.69, 9.17) is 4.74 Å². The number of ether oxygens (including phenoxy) is 1. The number of rotatable bonds is 3. The maximum absolute atomic E-state index is 12.9. The first-order chi connectivity index (χ1) is 15.4. The van der Waals surface area contributed by atoms with E-state index in [-0.39, 0.29) is 24.7 Å². The fourth-order valence-electron chi connectivity index (χ4n) is 3.90. The number of imide groups is 1. The minimum Gasteiger partial charge on any atom is -0.497 e. The van der Waals surface area contributed by atoms with Crippen LogP contribution >= 0.6 is 0 Å². The first-order valence-corrected chi connectivity index (χ1v) is 9.72. The normalized spacial score (nSPS) is 19.4. The predicted octanol–water partition coefficient (Wildman–Crippen LogP) is 0.450. The molecule has 1 saturated heterocycles. The number of carbonyl (C=O) groups excluding carboxylic acids is 3. The van der Waals surface area contributed by atoms with E-state index in [1.54, 1.807) is 36.4 Å². The highest BCUT2D eigenvalue weighted by molar-refractivity contribution is 6.10. The van der Waals surface area contributed by atoms with Crippen LogP contribution in [0.1, 0.15) is 21.5 Å². The molecule has 1 atom stereocenters.